The molecule has 0 aromatic heterocycles. The fourth-order valence-electron chi connectivity index (χ4n) is 2.04. The molecule has 0 saturated carbocycles. The van der Waals surface area contributed by atoms with Crippen molar-refractivity contribution in [2.24, 2.45) is 5.92 Å². The van der Waals surface area contributed by atoms with Crippen LogP contribution in [0.15, 0.2) is 48.5 Å². The first-order valence-electron chi connectivity index (χ1n) is 7.30. The number of rotatable bonds is 7. The molecule has 0 fully saturated rings. The van der Waals surface area contributed by atoms with Crippen molar-refractivity contribution in [2.75, 3.05) is 6.54 Å². The molecular weight excluding hydrogens is 282 g/mol. The SMILES string of the molecule is CC(C)CNCc1cccc(OCc2cccc(Cl)c2)c1. The van der Waals surface area contributed by atoms with Crippen molar-refractivity contribution in [3.8, 4) is 5.75 Å². The average Bonchev–Trinajstić information content (AvgIpc) is 2.45. The van der Waals surface area contributed by atoms with E-state index in [9.17, 15) is 0 Å². The molecule has 0 radical (unpaired) electrons. The van der Waals surface area contributed by atoms with Gasteiger partial charge in [0.1, 0.15) is 12.4 Å². The predicted octanol–water partition coefficient (Wildman–Crippen LogP) is 4.66. The first-order valence-corrected chi connectivity index (χ1v) is 7.68. The van der Waals surface area contributed by atoms with Gasteiger partial charge in [-0.05, 0) is 47.9 Å². The third-order valence-electron chi connectivity index (χ3n) is 3.07. The van der Waals surface area contributed by atoms with E-state index in [0.29, 0.717) is 12.5 Å². The summed E-state index contributed by atoms with van der Waals surface area (Å²) >= 11 is 5.97. The van der Waals surface area contributed by atoms with Crippen LogP contribution in [-0.4, -0.2) is 6.54 Å². The Morgan fingerprint density at radius 2 is 1.81 bits per heavy atom. The maximum Gasteiger partial charge on any atom is 0.120 e. The van der Waals surface area contributed by atoms with Gasteiger partial charge in [-0.2, -0.15) is 0 Å². The number of ether oxygens (including phenoxy) is 1. The largest absolute Gasteiger partial charge is 0.489 e. The molecule has 2 aromatic rings. The molecule has 0 bridgehead atoms. The Labute approximate surface area is 132 Å². The summed E-state index contributed by atoms with van der Waals surface area (Å²) in [5, 5.41) is 4.18. The van der Waals surface area contributed by atoms with Crippen LogP contribution in [-0.2, 0) is 13.2 Å². The fraction of sp³-hybridized carbons (Fsp3) is 0.333. The third kappa shape index (κ3) is 5.78. The lowest BCUT2D eigenvalue weighted by Gasteiger charge is -2.10. The Morgan fingerprint density at radius 3 is 2.57 bits per heavy atom. The molecule has 0 heterocycles. The summed E-state index contributed by atoms with van der Waals surface area (Å²) in [6, 6.07) is 15.9. The van der Waals surface area contributed by atoms with Gasteiger partial charge in [0, 0.05) is 11.6 Å². The van der Waals surface area contributed by atoms with Crippen LogP contribution < -0.4 is 10.1 Å². The lowest BCUT2D eigenvalue weighted by molar-refractivity contribution is 0.306. The van der Waals surface area contributed by atoms with E-state index in [1.807, 2.05) is 36.4 Å². The van der Waals surface area contributed by atoms with E-state index >= 15 is 0 Å². The summed E-state index contributed by atoms with van der Waals surface area (Å²) in [6.07, 6.45) is 0. The van der Waals surface area contributed by atoms with Crippen molar-refractivity contribution in [1.29, 1.82) is 0 Å². The number of benzene rings is 2. The van der Waals surface area contributed by atoms with Gasteiger partial charge in [-0.3, -0.25) is 0 Å². The molecule has 0 aliphatic carbocycles. The highest BCUT2D eigenvalue weighted by Crippen LogP contribution is 2.17. The minimum Gasteiger partial charge on any atom is -0.489 e. The summed E-state index contributed by atoms with van der Waals surface area (Å²) in [6.45, 7) is 6.83. The topological polar surface area (TPSA) is 21.3 Å². The van der Waals surface area contributed by atoms with E-state index < -0.39 is 0 Å². The first kappa shape index (κ1) is 15.9. The third-order valence-corrected chi connectivity index (χ3v) is 3.31. The van der Waals surface area contributed by atoms with Crippen LogP contribution in [0.5, 0.6) is 5.75 Å². The number of hydrogen-bond donors (Lipinski definition) is 1. The minimum atomic E-state index is 0.531. The fourth-order valence-corrected chi connectivity index (χ4v) is 2.26. The standard InChI is InChI=1S/C18H22ClNO/c1-14(2)11-20-12-15-5-4-8-18(10-15)21-13-16-6-3-7-17(19)9-16/h3-10,14,20H,11-13H2,1-2H3. The monoisotopic (exact) mass is 303 g/mol. The summed E-state index contributed by atoms with van der Waals surface area (Å²) < 4.78 is 5.83. The first-order chi connectivity index (χ1) is 10.1. The average molecular weight is 304 g/mol. The maximum absolute atomic E-state index is 5.97. The van der Waals surface area contributed by atoms with E-state index in [2.05, 4.69) is 31.3 Å². The van der Waals surface area contributed by atoms with E-state index in [0.717, 1.165) is 29.4 Å². The van der Waals surface area contributed by atoms with E-state index in [1.54, 1.807) is 0 Å². The maximum atomic E-state index is 5.97. The summed E-state index contributed by atoms with van der Waals surface area (Å²) in [7, 11) is 0. The van der Waals surface area contributed by atoms with Crippen LogP contribution in [0.25, 0.3) is 0 Å². The zero-order valence-corrected chi connectivity index (χ0v) is 13.4. The summed E-state index contributed by atoms with van der Waals surface area (Å²) in [5.74, 6) is 1.55. The molecule has 0 aliphatic rings. The molecular formula is C18H22ClNO. The van der Waals surface area contributed by atoms with Crippen LogP contribution in [0.3, 0.4) is 0 Å². The predicted molar refractivity (Wildman–Crippen MR) is 88.8 cm³/mol. The Bertz CT molecular complexity index is 569. The Morgan fingerprint density at radius 1 is 1.05 bits per heavy atom. The van der Waals surface area contributed by atoms with Gasteiger partial charge in [-0.15, -0.1) is 0 Å². The summed E-state index contributed by atoms with van der Waals surface area (Å²) in [5.41, 5.74) is 2.31. The molecule has 2 rings (SSSR count). The number of halogens is 1. The van der Waals surface area contributed by atoms with Crippen molar-refractivity contribution >= 4 is 11.6 Å². The van der Waals surface area contributed by atoms with Gasteiger partial charge in [0.25, 0.3) is 0 Å². The van der Waals surface area contributed by atoms with Crippen molar-refractivity contribution in [3.05, 3.63) is 64.7 Å². The second kappa shape index (κ2) is 8.06. The molecule has 112 valence electrons. The Balaban J connectivity index is 1.88. The highest BCUT2D eigenvalue weighted by Gasteiger charge is 2.00. The van der Waals surface area contributed by atoms with Gasteiger partial charge >= 0.3 is 0 Å². The van der Waals surface area contributed by atoms with Crippen molar-refractivity contribution in [1.82, 2.24) is 5.32 Å². The summed E-state index contributed by atoms with van der Waals surface area (Å²) in [4.78, 5) is 0. The van der Waals surface area contributed by atoms with Gasteiger partial charge in [-0.25, -0.2) is 0 Å². The lowest BCUT2D eigenvalue weighted by Crippen LogP contribution is -2.18. The molecule has 0 saturated heterocycles. The van der Waals surface area contributed by atoms with E-state index in [4.69, 9.17) is 16.3 Å². The van der Waals surface area contributed by atoms with E-state index in [1.165, 1.54) is 5.56 Å². The second-order valence-corrected chi connectivity index (χ2v) is 6.03. The highest BCUT2D eigenvalue weighted by molar-refractivity contribution is 6.30. The van der Waals surface area contributed by atoms with Crippen LogP contribution in [0.1, 0.15) is 25.0 Å². The van der Waals surface area contributed by atoms with Gasteiger partial charge in [0.2, 0.25) is 0 Å². The van der Waals surface area contributed by atoms with Gasteiger partial charge in [0.15, 0.2) is 0 Å². The molecule has 0 amide bonds. The molecule has 3 heteroatoms. The van der Waals surface area contributed by atoms with Crippen LogP contribution in [0.2, 0.25) is 5.02 Å². The molecule has 0 aliphatic heterocycles. The molecule has 21 heavy (non-hydrogen) atoms. The second-order valence-electron chi connectivity index (χ2n) is 5.59. The van der Waals surface area contributed by atoms with Gasteiger partial charge in [0.05, 0.1) is 0 Å². The lowest BCUT2D eigenvalue weighted by atomic mass is 10.2. The quantitative estimate of drug-likeness (QED) is 0.803. The Hall–Kier alpha value is -1.51. The number of nitrogens with one attached hydrogen (secondary N) is 1. The van der Waals surface area contributed by atoms with Gasteiger partial charge < -0.3 is 10.1 Å². The Kier molecular flexibility index (Phi) is 6.09. The molecule has 2 nitrogen and oxygen atoms in total. The zero-order chi connectivity index (χ0) is 15.1. The molecule has 2 aromatic carbocycles. The smallest absolute Gasteiger partial charge is 0.120 e. The molecule has 0 unspecified atom stereocenters. The minimum absolute atomic E-state index is 0.531. The van der Waals surface area contributed by atoms with Crippen molar-refractivity contribution in [3.63, 3.8) is 0 Å². The normalized spacial score (nSPS) is 10.9. The van der Waals surface area contributed by atoms with Crippen molar-refractivity contribution < 1.29 is 4.74 Å². The molecule has 1 N–H and O–H groups in total. The van der Waals surface area contributed by atoms with E-state index in [-0.39, 0.29) is 0 Å². The van der Waals surface area contributed by atoms with Gasteiger partial charge in [-0.1, -0.05) is 49.7 Å². The highest BCUT2D eigenvalue weighted by atomic mass is 35.5. The zero-order valence-electron chi connectivity index (χ0n) is 12.6. The van der Waals surface area contributed by atoms with Crippen LogP contribution in [0.4, 0.5) is 0 Å². The van der Waals surface area contributed by atoms with Crippen molar-refractivity contribution in [2.45, 2.75) is 27.0 Å². The molecule has 0 spiro atoms. The molecule has 0 atom stereocenters. The number of hydrogen-bond acceptors (Lipinski definition) is 2. The van der Waals surface area contributed by atoms with Crippen LogP contribution >= 0.6 is 11.6 Å². The van der Waals surface area contributed by atoms with Crippen LogP contribution in [0, 0.1) is 5.92 Å².